The summed E-state index contributed by atoms with van der Waals surface area (Å²) in [5.74, 6) is 0.0642. The van der Waals surface area contributed by atoms with E-state index in [1.165, 1.54) is 0 Å². The van der Waals surface area contributed by atoms with Crippen molar-refractivity contribution in [3.8, 4) is 0 Å². The predicted molar refractivity (Wildman–Crippen MR) is 56.0 cm³/mol. The molecule has 1 heterocycles. The number of carbonyl (C=O) groups excluding carboxylic acids is 1. The Kier molecular flexibility index (Phi) is 2.13. The van der Waals surface area contributed by atoms with Gasteiger partial charge in [-0.05, 0) is 17.7 Å². The van der Waals surface area contributed by atoms with Gasteiger partial charge in [-0.15, -0.1) is 0 Å². The number of nitrogen functional groups attached to an aromatic ring is 1. The highest BCUT2D eigenvalue weighted by atomic mass is 16.2. The topological polar surface area (TPSA) is 58.4 Å². The number of rotatable bonds is 0. The highest BCUT2D eigenvalue weighted by Gasteiger charge is 2.17. The molecule has 1 amide bonds. The van der Waals surface area contributed by atoms with Gasteiger partial charge in [0.15, 0.2) is 0 Å². The van der Waals surface area contributed by atoms with E-state index in [4.69, 9.17) is 5.73 Å². The average molecular weight is 191 g/mol. The van der Waals surface area contributed by atoms with E-state index in [-0.39, 0.29) is 5.91 Å². The molecule has 0 atom stereocenters. The Balaban J connectivity index is 2.49. The van der Waals surface area contributed by atoms with E-state index in [2.05, 4.69) is 5.32 Å². The maximum atomic E-state index is 11.5. The van der Waals surface area contributed by atoms with Crippen molar-refractivity contribution in [2.75, 3.05) is 24.2 Å². The summed E-state index contributed by atoms with van der Waals surface area (Å²) in [6, 6.07) is 5.64. The van der Waals surface area contributed by atoms with Crippen LogP contribution in [0.25, 0.3) is 0 Å². The zero-order chi connectivity index (χ0) is 10.1. The van der Waals surface area contributed by atoms with Gasteiger partial charge in [0.05, 0.1) is 6.54 Å². The molecular formula is C10H13N3O. The number of amides is 1. The lowest BCUT2D eigenvalue weighted by atomic mass is 10.1. The third kappa shape index (κ3) is 1.44. The Morgan fingerprint density at radius 1 is 1.43 bits per heavy atom. The number of nitrogens with zero attached hydrogens (tertiary/aromatic N) is 1. The number of likely N-dealkylation sites (N-methyl/N-ethyl adjacent to an activating group) is 1. The molecule has 0 unspecified atom stereocenters. The van der Waals surface area contributed by atoms with Gasteiger partial charge in [-0.1, -0.05) is 6.07 Å². The van der Waals surface area contributed by atoms with E-state index in [1.807, 2.05) is 18.2 Å². The van der Waals surface area contributed by atoms with Gasteiger partial charge in [0.25, 0.3) is 0 Å². The van der Waals surface area contributed by atoms with Crippen LogP contribution in [-0.4, -0.2) is 19.5 Å². The van der Waals surface area contributed by atoms with Crippen LogP contribution in [0.3, 0.4) is 0 Å². The number of nitrogens with one attached hydrogen (secondary N) is 1. The molecule has 4 heteroatoms. The van der Waals surface area contributed by atoms with E-state index >= 15 is 0 Å². The van der Waals surface area contributed by atoms with Crippen molar-refractivity contribution in [2.24, 2.45) is 0 Å². The number of hydrogen-bond acceptors (Lipinski definition) is 3. The number of anilines is 2. The Morgan fingerprint density at radius 2 is 2.21 bits per heavy atom. The number of fused-ring (bicyclic) bond motifs is 1. The summed E-state index contributed by atoms with van der Waals surface area (Å²) in [6.45, 7) is 1.09. The van der Waals surface area contributed by atoms with Crippen molar-refractivity contribution in [1.82, 2.24) is 5.32 Å². The van der Waals surface area contributed by atoms with Crippen LogP contribution in [0.5, 0.6) is 0 Å². The van der Waals surface area contributed by atoms with Gasteiger partial charge in [-0.2, -0.15) is 0 Å². The number of benzene rings is 1. The van der Waals surface area contributed by atoms with Crippen molar-refractivity contribution >= 4 is 17.3 Å². The lowest BCUT2D eigenvalue weighted by Crippen LogP contribution is -2.32. The van der Waals surface area contributed by atoms with Crippen LogP contribution in [0.15, 0.2) is 18.2 Å². The van der Waals surface area contributed by atoms with Crippen LogP contribution in [0.1, 0.15) is 5.56 Å². The maximum Gasteiger partial charge on any atom is 0.240 e. The summed E-state index contributed by atoms with van der Waals surface area (Å²) in [5.41, 5.74) is 8.37. The molecule has 74 valence electrons. The molecule has 1 aromatic carbocycles. The van der Waals surface area contributed by atoms with Crippen LogP contribution in [0.4, 0.5) is 11.4 Å². The molecule has 0 radical (unpaired) electrons. The van der Waals surface area contributed by atoms with Crippen molar-refractivity contribution < 1.29 is 4.79 Å². The lowest BCUT2D eigenvalue weighted by molar-refractivity contribution is -0.117. The van der Waals surface area contributed by atoms with E-state index in [0.29, 0.717) is 18.8 Å². The van der Waals surface area contributed by atoms with Crippen LogP contribution in [0.2, 0.25) is 0 Å². The molecule has 1 aliphatic rings. The van der Waals surface area contributed by atoms with E-state index in [9.17, 15) is 4.79 Å². The second-order valence-corrected chi connectivity index (χ2v) is 3.44. The van der Waals surface area contributed by atoms with Crippen molar-refractivity contribution in [1.29, 1.82) is 0 Å². The minimum atomic E-state index is 0.0642. The molecule has 3 N–H and O–H groups in total. The quantitative estimate of drug-likeness (QED) is 0.581. The fraction of sp³-hybridized carbons (Fsp3) is 0.300. The molecule has 0 spiro atoms. The highest BCUT2D eigenvalue weighted by molar-refractivity contribution is 5.96. The molecule has 2 rings (SSSR count). The molecule has 0 fully saturated rings. The minimum absolute atomic E-state index is 0.0642. The van der Waals surface area contributed by atoms with E-state index in [0.717, 1.165) is 11.3 Å². The Hall–Kier alpha value is -1.55. The number of hydrogen-bond donors (Lipinski definition) is 2. The molecule has 4 nitrogen and oxygen atoms in total. The standard InChI is InChI=1S/C10H13N3O/c1-13-9-4-8(11)3-2-7(9)5-12-6-10(13)14/h2-4,12H,5-6,11H2,1H3. The summed E-state index contributed by atoms with van der Waals surface area (Å²) < 4.78 is 0. The van der Waals surface area contributed by atoms with Gasteiger partial charge in [0, 0.05) is 25.0 Å². The van der Waals surface area contributed by atoms with Crippen molar-refractivity contribution in [2.45, 2.75) is 6.54 Å². The maximum absolute atomic E-state index is 11.5. The third-order valence-electron chi connectivity index (χ3n) is 2.44. The van der Waals surface area contributed by atoms with Gasteiger partial charge < -0.3 is 16.0 Å². The zero-order valence-electron chi connectivity index (χ0n) is 8.08. The highest BCUT2D eigenvalue weighted by Crippen LogP contribution is 2.24. The van der Waals surface area contributed by atoms with Gasteiger partial charge in [0.1, 0.15) is 0 Å². The molecular weight excluding hydrogens is 178 g/mol. The molecule has 0 aliphatic carbocycles. The number of carbonyl (C=O) groups is 1. The summed E-state index contributed by atoms with van der Waals surface area (Å²) in [6.07, 6.45) is 0. The first-order chi connectivity index (χ1) is 6.68. The van der Waals surface area contributed by atoms with E-state index < -0.39 is 0 Å². The van der Waals surface area contributed by atoms with Gasteiger partial charge >= 0.3 is 0 Å². The molecule has 0 bridgehead atoms. The van der Waals surface area contributed by atoms with Crippen LogP contribution in [-0.2, 0) is 11.3 Å². The first kappa shape index (κ1) is 9.02. The summed E-state index contributed by atoms with van der Waals surface area (Å²) >= 11 is 0. The Bertz CT molecular complexity index is 376. The second-order valence-electron chi connectivity index (χ2n) is 3.44. The molecule has 14 heavy (non-hydrogen) atoms. The smallest absolute Gasteiger partial charge is 0.240 e. The molecule has 1 aliphatic heterocycles. The first-order valence-corrected chi connectivity index (χ1v) is 4.54. The van der Waals surface area contributed by atoms with Crippen LogP contribution < -0.4 is 16.0 Å². The second kappa shape index (κ2) is 3.31. The molecule has 0 saturated heterocycles. The fourth-order valence-corrected chi connectivity index (χ4v) is 1.60. The number of nitrogens with two attached hydrogens (primary N) is 1. The summed E-state index contributed by atoms with van der Waals surface area (Å²) in [5, 5.41) is 3.07. The normalized spacial score (nSPS) is 16.4. The zero-order valence-corrected chi connectivity index (χ0v) is 8.08. The SMILES string of the molecule is CN1C(=O)CNCc2ccc(N)cc21. The van der Waals surface area contributed by atoms with Crippen LogP contribution >= 0.6 is 0 Å². The average Bonchev–Trinajstić information content (AvgIpc) is 2.30. The summed E-state index contributed by atoms with van der Waals surface area (Å²) in [4.78, 5) is 13.2. The van der Waals surface area contributed by atoms with Crippen molar-refractivity contribution in [3.05, 3.63) is 23.8 Å². The van der Waals surface area contributed by atoms with Gasteiger partial charge in [0.2, 0.25) is 5.91 Å². The Labute approximate surface area is 82.7 Å². The molecule has 0 saturated carbocycles. The predicted octanol–water partition coefficient (Wildman–Crippen LogP) is 0.335. The Morgan fingerprint density at radius 3 is 3.00 bits per heavy atom. The van der Waals surface area contributed by atoms with Crippen LogP contribution in [0, 0.1) is 0 Å². The fourth-order valence-electron chi connectivity index (χ4n) is 1.60. The summed E-state index contributed by atoms with van der Waals surface area (Å²) in [7, 11) is 1.77. The first-order valence-electron chi connectivity index (χ1n) is 4.54. The van der Waals surface area contributed by atoms with Gasteiger partial charge in [-0.3, -0.25) is 4.79 Å². The largest absolute Gasteiger partial charge is 0.399 e. The minimum Gasteiger partial charge on any atom is -0.399 e. The van der Waals surface area contributed by atoms with Gasteiger partial charge in [-0.25, -0.2) is 0 Å². The molecule has 0 aromatic heterocycles. The van der Waals surface area contributed by atoms with Crippen molar-refractivity contribution in [3.63, 3.8) is 0 Å². The van der Waals surface area contributed by atoms with E-state index in [1.54, 1.807) is 11.9 Å². The molecule has 1 aromatic rings. The third-order valence-corrected chi connectivity index (χ3v) is 2.44. The lowest BCUT2D eigenvalue weighted by Gasteiger charge is -2.17. The monoisotopic (exact) mass is 191 g/mol.